The van der Waals surface area contributed by atoms with E-state index in [9.17, 15) is 0 Å². The predicted octanol–water partition coefficient (Wildman–Crippen LogP) is 2.69. The standard InChI is InChI=1S/C16H28N2O/c1-11(9-17)6-7-18-10-15-13(3)8-12(2)14(4)16(15)19-5/h8,11,18H,6-7,9-10,17H2,1-5H3. The number of nitrogens with two attached hydrogens (primary N) is 1. The van der Waals surface area contributed by atoms with Crippen LogP contribution in [0, 0.1) is 26.7 Å². The van der Waals surface area contributed by atoms with Gasteiger partial charge >= 0.3 is 0 Å². The van der Waals surface area contributed by atoms with E-state index in [0.717, 1.165) is 31.8 Å². The van der Waals surface area contributed by atoms with Crippen LogP contribution in [0.5, 0.6) is 5.75 Å². The molecule has 19 heavy (non-hydrogen) atoms. The lowest BCUT2D eigenvalue weighted by Crippen LogP contribution is -2.21. The highest BCUT2D eigenvalue weighted by molar-refractivity contribution is 5.49. The molecule has 108 valence electrons. The van der Waals surface area contributed by atoms with Crippen LogP contribution in [0.3, 0.4) is 0 Å². The van der Waals surface area contributed by atoms with Gasteiger partial charge in [0.05, 0.1) is 7.11 Å². The van der Waals surface area contributed by atoms with E-state index in [1.807, 2.05) is 0 Å². The van der Waals surface area contributed by atoms with Crippen LogP contribution in [0.25, 0.3) is 0 Å². The molecular formula is C16H28N2O. The fraction of sp³-hybridized carbons (Fsp3) is 0.625. The summed E-state index contributed by atoms with van der Waals surface area (Å²) in [6, 6.07) is 2.23. The van der Waals surface area contributed by atoms with E-state index in [-0.39, 0.29) is 0 Å². The molecule has 0 aromatic heterocycles. The Labute approximate surface area is 117 Å². The first-order valence-electron chi connectivity index (χ1n) is 7.05. The van der Waals surface area contributed by atoms with E-state index in [1.165, 1.54) is 22.3 Å². The Hall–Kier alpha value is -1.06. The number of rotatable bonds is 7. The van der Waals surface area contributed by atoms with Crippen molar-refractivity contribution >= 4 is 0 Å². The van der Waals surface area contributed by atoms with Crippen LogP contribution in [0.1, 0.15) is 35.6 Å². The van der Waals surface area contributed by atoms with Crippen molar-refractivity contribution in [2.45, 2.75) is 40.7 Å². The van der Waals surface area contributed by atoms with Crippen LogP contribution < -0.4 is 15.8 Å². The Bertz CT molecular complexity index is 416. The van der Waals surface area contributed by atoms with Crippen LogP contribution in [0.2, 0.25) is 0 Å². The summed E-state index contributed by atoms with van der Waals surface area (Å²) in [4.78, 5) is 0. The molecule has 1 aromatic rings. The van der Waals surface area contributed by atoms with Crippen molar-refractivity contribution in [3.8, 4) is 5.75 Å². The number of nitrogens with one attached hydrogen (secondary N) is 1. The molecule has 3 heteroatoms. The third-order valence-electron chi connectivity index (χ3n) is 3.84. The largest absolute Gasteiger partial charge is 0.496 e. The van der Waals surface area contributed by atoms with Crippen LogP contribution in [0.15, 0.2) is 6.07 Å². The molecule has 0 aliphatic rings. The van der Waals surface area contributed by atoms with Gasteiger partial charge in [-0.05, 0) is 62.9 Å². The molecule has 0 saturated carbocycles. The number of hydrogen-bond acceptors (Lipinski definition) is 3. The third kappa shape index (κ3) is 4.22. The first-order valence-corrected chi connectivity index (χ1v) is 7.05. The summed E-state index contributed by atoms with van der Waals surface area (Å²) in [5.41, 5.74) is 10.7. The Kier molecular flexibility index (Phi) is 6.32. The normalized spacial score (nSPS) is 12.5. The van der Waals surface area contributed by atoms with Gasteiger partial charge in [0, 0.05) is 12.1 Å². The summed E-state index contributed by atoms with van der Waals surface area (Å²) in [7, 11) is 1.75. The Morgan fingerprint density at radius 2 is 1.95 bits per heavy atom. The molecule has 0 spiro atoms. The average molecular weight is 264 g/mol. The smallest absolute Gasteiger partial charge is 0.126 e. The van der Waals surface area contributed by atoms with Gasteiger partial charge in [-0.2, -0.15) is 0 Å². The van der Waals surface area contributed by atoms with Gasteiger partial charge in [0.25, 0.3) is 0 Å². The van der Waals surface area contributed by atoms with Gasteiger partial charge in [0.1, 0.15) is 5.75 Å². The first kappa shape index (κ1) is 16.0. The fourth-order valence-corrected chi connectivity index (χ4v) is 2.28. The van der Waals surface area contributed by atoms with Gasteiger partial charge in [-0.25, -0.2) is 0 Å². The topological polar surface area (TPSA) is 47.3 Å². The van der Waals surface area contributed by atoms with E-state index in [0.29, 0.717) is 5.92 Å². The molecule has 3 nitrogen and oxygen atoms in total. The van der Waals surface area contributed by atoms with Gasteiger partial charge < -0.3 is 15.8 Å². The first-order chi connectivity index (χ1) is 9.01. The van der Waals surface area contributed by atoms with Crippen molar-refractivity contribution in [1.82, 2.24) is 5.32 Å². The number of methoxy groups -OCH3 is 1. The van der Waals surface area contributed by atoms with Crippen molar-refractivity contribution < 1.29 is 4.74 Å². The molecule has 0 bridgehead atoms. The van der Waals surface area contributed by atoms with E-state index in [4.69, 9.17) is 10.5 Å². The van der Waals surface area contributed by atoms with E-state index in [1.54, 1.807) is 7.11 Å². The lowest BCUT2D eigenvalue weighted by atomic mass is 9.99. The van der Waals surface area contributed by atoms with Gasteiger partial charge in [-0.1, -0.05) is 13.0 Å². The number of benzene rings is 1. The van der Waals surface area contributed by atoms with E-state index < -0.39 is 0 Å². The molecule has 0 amide bonds. The number of aryl methyl sites for hydroxylation is 2. The van der Waals surface area contributed by atoms with Crippen molar-refractivity contribution in [3.63, 3.8) is 0 Å². The highest BCUT2D eigenvalue weighted by atomic mass is 16.5. The van der Waals surface area contributed by atoms with Crippen molar-refractivity contribution in [1.29, 1.82) is 0 Å². The molecule has 0 heterocycles. The quantitative estimate of drug-likeness (QED) is 0.744. The lowest BCUT2D eigenvalue weighted by molar-refractivity contribution is 0.402. The minimum atomic E-state index is 0.579. The van der Waals surface area contributed by atoms with Gasteiger partial charge in [0.15, 0.2) is 0 Å². The van der Waals surface area contributed by atoms with Crippen LogP contribution in [-0.2, 0) is 6.54 Å². The molecule has 3 N–H and O–H groups in total. The molecular weight excluding hydrogens is 236 g/mol. The average Bonchev–Trinajstić information content (AvgIpc) is 2.39. The summed E-state index contributed by atoms with van der Waals surface area (Å²) in [6.07, 6.45) is 1.11. The maximum atomic E-state index is 5.62. The Morgan fingerprint density at radius 1 is 1.26 bits per heavy atom. The Balaban J connectivity index is 2.70. The highest BCUT2D eigenvalue weighted by Gasteiger charge is 2.11. The van der Waals surface area contributed by atoms with Gasteiger partial charge in [0.2, 0.25) is 0 Å². The zero-order valence-corrected chi connectivity index (χ0v) is 13.0. The molecule has 0 aliphatic heterocycles. The summed E-state index contributed by atoms with van der Waals surface area (Å²) < 4.78 is 5.58. The lowest BCUT2D eigenvalue weighted by Gasteiger charge is -2.17. The molecule has 1 atom stereocenters. The van der Waals surface area contributed by atoms with Crippen LogP contribution in [-0.4, -0.2) is 20.2 Å². The second kappa shape index (κ2) is 7.51. The fourth-order valence-electron chi connectivity index (χ4n) is 2.28. The summed E-state index contributed by atoms with van der Waals surface area (Å²) >= 11 is 0. The maximum Gasteiger partial charge on any atom is 0.126 e. The van der Waals surface area contributed by atoms with Gasteiger partial charge in [-0.3, -0.25) is 0 Å². The van der Waals surface area contributed by atoms with Crippen molar-refractivity contribution in [2.24, 2.45) is 11.7 Å². The molecule has 1 rings (SSSR count). The zero-order valence-electron chi connectivity index (χ0n) is 13.0. The van der Waals surface area contributed by atoms with Crippen molar-refractivity contribution in [3.05, 3.63) is 28.3 Å². The SMILES string of the molecule is COc1c(C)c(C)cc(C)c1CNCCC(C)CN. The Morgan fingerprint density at radius 3 is 2.53 bits per heavy atom. The predicted molar refractivity (Wildman–Crippen MR) is 81.7 cm³/mol. The van der Waals surface area contributed by atoms with Crippen LogP contribution >= 0.6 is 0 Å². The van der Waals surface area contributed by atoms with Crippen LogP contribution in [0.4, 0.5) is 0 Å². The highest BCUT2D eigenvalue weighted by Crippen LogP contribution is 2.29. The number of ether oxygens (including phenoxy) is 1. The summed E-state index contributed by atoms with van der Waals surface area (Å²) in [5.74, 6) is 1.60. The maximum absolute atomic E-state index is 5.62. The minimum Gasteiger partial charge on any atom is -0.496 e. The van der Waals surface area contributed by atoms with E-state index >= 15 is 0 Å². The summed E-state index contributed by atoms with van der Waals surface area (Å²) in [6.45, 7) is 11.2. The van der Waals surface area contributed by atoms with Gasteiger partial charge in [-0.15, -0.1) is 0 Å². The molecule has 1 unspecified atom stereocenters. The van der Waals surface area contributed by atoms with Crippen molar-refractivity contribution in [2.75, 3.05) is 20.2 Å². The third-order valence-corrected chi connectivity index (χ3v) is 3.84. The molecule has 1 aromatic carbocycles. The molecule has 0 saturated heterocycles. The molecule has 0 aliphatic carbocycles. The molecule has 0 radical (unpaired) electrons. The van der Waals surface area contributed by atoms with E-state index in [2.05, 4.69) is 39.1 Å². The minimum absolute atomic E-state index is 0.579. The monoisotopic (exact) mass is 264 g/mol. The molecule has 0 fully saturated rings. The zero-order chi connectivity index (χ0) is 14.4. The second-order valence-electron chi connectivity index (χ2n) is 5.45. The number of hydrogen-bond donors (Lipinski definition) is 2. The summed E-state index contributed by atoms with van der Waals surface area (Å²) in [5, 5.41) is 3.49. The second-order valence-corrected chi connectivity index (χ2v) is 5.45.